The van der Waals surface area contributed by atoms with Gasteiger partial charge in [0.05, 0.1) is 18.5 Å². The Morgan fingerprint density at radius 3 is 2.80 bits per heavy atom. The van der Waals surface area contributed by atoms with Gasteiger partial charge in [-0.1, -0.05) is 6.92 Å². The van der Waals surface area contributed by atoms with Gasteiger partial charge >= 0.3 is 5.97 Å². The van der Waals surface area contributed by atoms with E-state index in [-0.39, 0.29) is 5.69 Å². The fraction of sp³-hybridized carbons (Fsp3) is 0.308. The molecule has 106 valence electrons. The van der Waals surface area contributed by atoms with E-state index in [2.05, 4.69) is 26.9 Å². The minimum atomic E-state index is -0.502. The van der Waals surface area contributed by atoms with Crippen LogP contribution < -0.4 is 11.1 Å². The molecule has 6 nitrogen and oxygen atoms in total. The third-order valence-corrected chi connectivity index (χ3v) is 3.70. The third-order valence-electron chi connectivity index (χ3n) is 2.77. The molecule has 0 aliphatic carbocycles. The lowest BCUT2D eigenvalue weighted by Crippen LogP contribution is -2.07. The molecule has 20 heavy (non-hydrogen) atoms. The Hall–Kier alpha value is -2.15. The van der Waals surface area contributed by atoms with Gasteiger partial charge in [-0.3, -0.25) is 0 Å². The van der Waals surface area contributed by atoms with Crippen LogP contribution in [0, 0.1) is 6.92 Å². The Morgan fingerprint density at radius 2 is 2.20 bits per heavy atom. The van der Waals surface area contributed by atoms with Crippen molar-refractivity contribution in [2.75, 3.05) is 18.2 Å². The van der Waals surface area contributed by atoms with Crippen LogP contribution in [0.2, 0.25) is 0 Å². The van der Waals surface area contributed by atoms with Gasteiger partial charge in [0.15, 0.2) is 16.6 Å². The molecule has 0 fully saturated rings. The number of nitrogens with two attached hydrogens (primary N) is 1. The van der Waals surface area contributed by atoms with Crippen LogP contribution in [0.3, 0.4) is 0 Å². The van der Waals surface area contributed by atoms with E-state index in [1.54, 1.807) is 6.07 Å². The number of esters is 1. The van der Waals surface area contributed by atoms with E-state index < -0.39 is 5.97 Å². The first-order valence-corrected chi connectivity index (χ1v) is 6.95. The smallest absolute Gasteiger partial charge is 0.356 e. The number of hydrogen-bond donors (Lipinski definition) is 2. The number of rotatable bonds is 4. The molecule has 0 aliphatic heterocycles. The van der Waals surface area contributed by atoms with Crippen molar-refractivity contribution in [1.82, 2.24) is 9.97 Å². The molecule has 0 bridgehead atoms. The normalized spacial score (nSPS) is 10.3. The number of carbonyl (C=O) groups is 1. The standard InChI is InChI=1S/C13H16N4O2S/c1-4-9-7(2)20-13(16-9)17-11-8(14)5-6-10(15-11)12(18)19-3/h5-6H,4,14H2,1-3H3,(H,15,16,17). The van der Waals surface area contributed by atoms with Crippen LogP contribution in [0.15, 0.2) is 12.1 Å². The van der Waals surface area contributed by atoms with E-state index in [4.69, 9.17) is 5.73 Å². The van der Waals surface area contributed by atoms with Crippen molar-refractivity contribution >= 4 is 33.9 Å². The lowest BCUT2D eigenvalue weighted by Gasteiger charge is -2.07. The monoisotopic (exact) mass is 292 g/mol. The Kier molecular flexibility index (Phi) is 4.19. The van der Waals surface area contributed by atoms with Gasteiger partial charge in [-0.2, -0.15) is 0 Å². The molecule has 2 aromatic rings. The quantitative estimate of drug-likeness (QED) is 0.842. The molecule has 3 N–H and O–H groups in total. The maximum Gasteiger partial charge on any atom is 0.356 e. The Labute approximate surface area is 121 Å². The molecule has 7 heteroatoms. The summed E-state index contributed by atoms with van der Waals surface area (Å²) in [6.45, 7) is 4.07. The predicted molar refractivity (Wildman–Crippen MR) is 79.5 cm³/mol. The number of nitrogens with one attached hydrogen (secondary N) is 1. The number of nitrogen functional groups attached to an aromatic ring is 1. The largest absolute Gasteiger partial charge is 0.464 e. The van der Waals surface area contributed by atoms with E-state index >= 15 is 0 Å². The fourth-order valence-corrected chi connectivity index (χ4v) is 2.60. The lowest BCUT2D eigenvalue weighted by molar-refractivity contribution is 0.0594. The van der Waals surface area contributed by atoms with Crippen molar-refractivity contribution in [3.8, 4) is 0 Å². The van der Waals surface area contributed by atoms with Crippen LogP contribution >= 0.6 is 11.3 Å². The van der Waals surface area contributed by atoms with Crippen LogP contribution in [0.25, 0.3) is 0 Å². The molecule has 2 aromatic heterocycles. The number of aryl methyl sites for hydroxylation is 2. The van der Waals surface area contributed by atoms with Gasteiger partial charge in [0, 0.05) is 4.88 Å². The predicted octanol–water partition coefficient (Wildman–Crippen LogP) is 2.52. The van der Waals surface area contributed by atoms with Gasteiger partial charge in [0.25, 0.3) is 0 Å². The maximum absolute atomic E-state index is 11.5. The summed E-state index contributed by atoms with van der Waals surface area (Å²) in [5.41, 5.74) is 7.55. The van der Waals surface area contributed by atoms with E-state index in [1.807, 2.05) is 6.92 Å². The molecular weight excluding hydrogens is 276 g/mol. The van der Waals surface area contributed by atoms with Crippen LogP contribution in [0.1, 0.15) is 28.0 Å². The molecule has 0 aliphatic rings. The number of ether oxygens (including phenoxy) is 1. The zero-order valence-electron chi connectivity index (χ0n) is 11.6. The second-order valence-corrected chi connectivity index (χ2v) is 5.33. The number of pyridine rings is 1. The maximum atomic E-state index is 11.5. The number of anilines is 3. The Balaban J connectivity index is 2.29. The topological polar surface area (TPSA) is 90.1 Å². The first kappa shape index (κ1) is 14.3. The number of methoxy groups -OCH3 is 1. The van der Waals surface area contributed by atoms with Crippen molar-refractivity contribution in [3.63, 3.8) is 0 Å². The minimum absolute atomic E-state index is 0.202. The van der Waals surface area contributed by atoms with Gasteiger partial charge < -0.3 is 15.8 Å². The fourth-order valence-electron chi connectivity index (χ4n) is 1.70. The zero-order chi connectivity index (χ0) is 14.7. The molecule has 0 atom stereocenters. The molecule has 0 aromatic carbocycles. The highest BCUT2D eigenvalue weighted by atomic mass is 32.1. The highest BCUT2D eigenvalue weighted by molar-refractivity contribution is 7.15. The van der Waals surface area contributed by atoms with Gasteiger partial charge in [-0.15, -0.1) is 11.3 Å². The average molecular weight is 292 g/mol. The molecular formula is C13H16N4O2S. The summed E-state index contributed by atoms with van der Waals surface area (Å²) >= 11 is 1.53. The second kappa shape index (κ2) is 5.87. The van der Waals surface area contributed by atoms with Crippen LogP contribution in [0.4, 0.5) is 16.6 Å². The molecule has 0 amide bonds. The summed E-state index contributed by atoms with van der Waals surface area (Å²) < 4.78 is 4.64. The number of hydrogen-bond acceptors (Lipinski definition) is 7. The van der Waals surface area contributed by atoms with E-state index in [1.165, 1.54) is 24.5 Å². The van der Waals surface area contributed by atoms with Gasteiger partial charge in [0.1, 0.15) is 0 Å². The second-order valence-electron chi connectivity index (χ2n) is 4.13. The van der Waals surface area contributed by atoms with Crippen molar-refractivity contribution < 1.29 is 9.53 Å². The van der Waals surface area contributed by atoms with E-state index in [0.717, 1.165) is 17.0 Å². The highest BCUT2D eigenvalue weighted by Gasteiger charge is 2.12. The van der Waals surface area contributed by atoms with Crippen molar-refractivity contribution in [1.29, 1.82) is 0 Å². The Bertz CT molecular complexity index is 639. The summed E-state index contributed by atoms with van der Waals surface area (Å²) in [5, 5.41) is 3.76. The summed E-state index contributed by atoms with van der Waals surface area (Å²) in [4.78, 5) is 21.2. The zero-order valence-corrected chi connectivity index (χ0v) is 12.4. The first-order valence-electron chi connectivity index (χ1n) is 6.13. The number of nitrogens with zero attached hydrogens (tertiary/aromatic N) is 2. The lowest BCUT2D eigenvalue weighted by atomic mass is 10.3. The number of thiazole rings is 1. The molecule has 2 rings (SSSR count). The van der Waals surface area contributed by atoms with Crippen LogP contribution in [-0.4, -0.2) is 23.0 Å². The number of carbonyl (C=O) groups excluding carboxylic acids is 1. The molecule has 0 saturated carbocycles. The van der Waals surface area contributed by atoms with Crippen molar-refractivity contribution in [2.45, 2.75) is 20.3 Å². The van der Waals surface area contributed by atoms with Crippen molar-refractivity contribution in [2.24, 2.45) is 0 Å². The minimum Gasteiger partial charge on any atom is -0.464 e. The van der Waals surface area contributed by atoms with Gasteiger partial charge in [0.2, 0.25) is 0 Å². The summed E-state index contributed by atoms with van der Waals surface area (Å²) in [6, 6.07) is 3.14. The molecule has 2 heterocycles. The van der Waals surface area contributed by atoms with Crippen LogP contribution in [0.5, 0.6) is 0 Å². The Morgan fingerprint density at radius 1 is 1.45 bits per heavy atom. The summed E-state index contributed by atoms with van der Waals surface area (Å²) in [6.07, 6.45) is 0.870. The van der Waals surface area contributed by atoms with Gasteiger partial charge in [-0.05, 0) is 25.5 Å². The SMILES string of the molecule is CCc1nc(Nc2nc(C(=O)OC)ccc2N)sc1C. The van der Waals surface area contributed by atoms with Gasteiger partial charge in [-0.25, -0.2) is 14.8 Å². The molecule has 0 radical (unpaired) electrons. The highest BCUT2D eigenvalue weighted by Crippen LogP contribution is 2.27. The van der Waals surface area contributed by atoms with Crippen LogP contribution in [-0.2, 0) is 11.2 Å². The molecule has 0 spiro atoms. The average Bonchev–Trinajstić information content (AvgIpc) is 2.80. The molecule has 0 unspecified atom stereocenters. The van der Waals surface area contributed by atoms with E-state index in [0.29, 0.717) is 16.6 Å². The third kappa shape index (κ3) is 2.88. The number of aromatic nitrogens is 2. The van der Waals surface area contributed by atoms with E-state index in [9.17, 15) is 4.79 Å². The first-order chi connectivity index (χ1) is 9.55. The summed E-state index contributed by atoms with van der Waals surface area (Å²) in [7, 11) is 1.31. The van der Waals surface area contributed by atoms with Crippen molar-refractivity contribution in [3.05, 3.63) is 28.4 Å². The summed E-state index contributed by atoms with van der Waals surface area (Å²) in [5.74, 6) is -0.0954. The molecule has 0 saturated heterocycles.